The van der Waals surface area contributed by atoms with Gasteiger partial charge >= 0.3 is 17.9 Å². The summed E-state index contributed by atoms with van der Waals surface area (Å²) in [6, 6.07) is 4.83. The zero-order valence-electron chi connectivity index (χ0n) is 13.8. The van der Waals surface area contributed by atoms with Crippen LogP contribution in [0, 0.1) is 11.8 Å². The highest BCUT2D eigenvalue weighted by atomic mass is 79.9. The molecule has 25 heavy (non-hydrogen) atoms. The second kappa shape index (κ2) is 9.16. The van der Waals surface area contributed by atoms with Crippen LogP contribution in [0.4, 0.5) is 0 Å². The van der Waals surface area contributed by atoms with E-state index in [2.05, 4.69) is 30.7 Å². The molecule has 0 aliphatic carbocycles. The van der Waals surface area contributed by atoms with Crippen LogP contribution in [-0.4, -0.2) is 49.2 Å². The van der Waals surface area contributed by atoms with Crippen LogP contribution in [0.15, 0.2) is 28.7 Å². The van der Waals surface area contributed by atoms with Gasteiger partial charge in [0.25, 0.3) is 5.91 Å². The van der Waals surface area contributed by atoms with Crippen molar-refractivity contribution >= 4 is 39.7 Å². The van der Waals surface area contributed by atoms with Gasteiger partial charge in [0.15, 0.2) is 5.92 Å². The average molecular weight is 416 g/mol. The second-order valence-electron chi connectivity index (χ2n) is 5.18. The van der Waals surface area contributed by atoms with E-state index in [9.17, 15) is 24.3 Å². The number of methoxy groups -OCH3 is 2. The van der Waals surface area contributed by atoms with Crippen LogP contribution >= 0.6 is 15.9 Å². The van der Waals surface area contributed by atoms with Crippen LogP contribution in [0.25, 0.3) is 0 Å². The highest BCUT2D eigenvalue weighted by Crippen LogP contribution is 2.20. The number of ether oxygens (including phenoxy) is 2. The number of carboxylic acid groups (broad SMARTS) is 1. The molecule has 2 atom stereocenters. The lowest BCUT2D eigenvalue weighted by atomic mass is 9.87. The molecule has 136 valence electrons. The fourth-order valence-electron chi connectivity index (χ4n) is 2.24. The number of benzene rings is 1. The molecule has 9 heteroatoms. The molecule has 1 aromatic carbocycles. The molecular weight excluding hydrogens is 398 g/mol. The van der Waals surface area contributed by atoms with Crippen LogP contribution in [0.1, 0.15) is 17.3 Å². The minimum absolute atomic E-state index is 0.223. The molecule has 1 aromatic rings. The van der Waals surface area contributed by atoms with Crippen molar-refractivity contribution in [3.63, 3.8) is 0 Å². The van der Waals surface area contributed by atoms with Gasteiger partial charge in [0, 0.05) is 16.0 Å². The fourth-order valence-corrected chi connectivity index (χ4v) is 2.64. The first-order valence-corrected chi connectivity index (χ1v) is 7.97. The molecular formula is C16H18BrNO7. The van der Waals surface area contributed by atoms with Gasteiger partial charge in [-0.15, -0.1) is 0 Å². The summed E-state index contributed by atoms with van der Waals surface area (Å²) in [4.78, 5) is 47.6. The fraction of sp³-hybridized carbons (Fsp3) is 0.375. The smallest absolute Gasteiger partial charge is 0.326 e. The summed E-state index contributed by atoms with van der Waals surface area (Å²) < 4.78 is 9.72. The zero-order chi connectivity index (χ0) is 19.1. The van der Waals surface area contributed by atoms with E-state index in [-0.39, 0.29) is 5.56 Å². The van der Waals surface area contributed by atoms with Gasteiger partial charge < -0.3 is 19.9 Å². The minimum Gasteiger partial charge on any atom is -0.480 e. The van der Waals surface area contributed by atoms with Gasteiger partial charge in [-0.2, -0.15) is 0 Å². The van der Waals surface area contributed by atoms with Crippen LogP contribution in [0.2, 0.25) is 0 Å². The van der Waals surface area contributed by atoms with Crippen LogP contribution < -0.4 is 5.32 Å². The quantitative estimate of drug-likeness (QED) is 0.507. The van der Waals surface area contributed by atoms with E-state index >= 15 is 0 Å². The number of halogens is 1. The number of hydrogen-bond acceptors (Lipinski definition) is 6. The first-order chi connectivity index (χ1) is 11.7. The molecule has 0 saturated heterocycles. The summed E-state index contributed by atoms with van der Waals surface area (Å²) in [6.45, 7) is 1.35. The average Bonchev–Trinajstić information content (AvgIpc) is 2.58. The van der Waals surface area contributed by atoms with E-state index < -0.39 is 41.7 Å². The van der Waals surface area contributed by atoms with Crippen molar-refractivity contribution in [2.45, 2.75) is 13.0 Å². The number of aliphatic carboxylic acids is 1. The molecule has 0 unspecified atom stereocenters. The highest BCUT2D eigenvalue weighted by molar-refractivity contribution is 9.10. The van der Waals surface area contributed by atoms with E-state index in [1.807, 2.05) is 0 Å². The Balaban J connectivity index is 3.08. The Morgan fingerprint density at radius 1 is 1.12 bits per heavy atom. The van der Waals surface area contributed by atoms with Gasteiger partial charge in [0.2, 0.25) is 0 Å². The molecule has 0 saturated carbocycles. The van der Waals surface area contributed by atoms with Crippen molar-refractivity contribution in [1.29, 1.82) is 0 Å². The standard InChI is InChI=1S/C16H18BrNO7/c1-8(11(15(22)24-2)16(23)25-3)12(14(20)21)18-13(19)9-5-4-6-10(17)7-9/h4-8,11-12H,1-3H3,(H,18,19)(H,20,21)/t8-,12-/m1/s1. The number of hydrogen-bond donors (Lipinski definition) is 2. The minimum atomic E-state index is -1.50. The summed E-state index contributed by atoms with van der Waals surface area (Å²) in [5, 5.41) is 11.7. The van der Waals surface area contributed by atoms with E-state index in [0.29, 0.717) is 4.47 Å². The SMILES string of the molecule is COC(=O)C(C(=O)OC)[C@@H](C)[C@@H](NC(=O)c1cccc(Br)c1)C(=O)O. The second-order valence-corrected chi connectivity index (χ2v) is 6.10. The summed E-state index contributed by atoms with van der Waals surface area (Å²) in [7, 11) is 2.14. The van der Waals surface area contributed by atoms with Crippen molar-refractivity contribution in [3.05, 3.63) is 34.3 Å². The number of nitrogens with one attached hydrogen (secondary N) is 1. The molecule has 0 heterocycles. The number of esters is 2. The lowest BCUT2D eigenvalue weighted by molar-refractivity contribution is -0.162. The molecule has 0 bridgehead atoms. The van der Waals surface area contributed by atoms with Gasteiger partial charge in [-0.05, 0) is 18.2 Å². The van der Waals surface area contributed by atoms with E-state index in [1.165, 1.54) is 19.1 Å². The maximum atomic E-state index is 12.3. The lowest BCUT2D eigenvalue weighted by Crippen LogP contribution is -2.50. The Labute approximate surface area is 152 Å². The molecule has 0 aliphatic rings. The van der Waals surface area contributed by atoms with Gasteiger partial charge in [0.1, 0.15) is 6.04 Å². The third-order valence-corrected chi connectivity index (χ3v) is 4.09. The molecule has 0 aromatic heterocycles. The Morgan fingerprint density at radius 2 is 1.68 bits per heavy atom. The zero-order valence-corrected chi connectivity index (χ0v) is 15.4. The molecule has 0 aliphatic heterocycles. The first-order valence-electron chi connectivity index (χ1n) is 7.17. The predicted octanol–water partition coefficient (Wildman–Crippen LogP) is 1.23. The molecule has 0 spiro atoms. The largest absolute Gasteiger partial charge is 0.480 e. The van der Waals surface area contributed by atoms with Crippen molar-refractivity contribution in [3.8, 4) is 0 Å². The topological polar surface area (TPSA) is 119 Å². The maximum Gasteiger partial charge on any atom is 0.326 e. The first kappa shape index (κ1) is 20.6. The molecule has 0 radical (unpaired) electrons. The van der Waals surface area contributed by atoms with Gasteiger partial charge in [-0.3, -0.25) is 14.4 Å². The molecule has 1 rings (SSSR count). The normalized spacial score (nSPS) is 12.8. The number of carboxylic acids is 1. The van der Waals surface area contributed by atoms with Gasteiger partial charge in [0.05, 0.1) is 14.2 Å². The Kier molecular flexibility index (Phi) is 7.56. The van der Waals surface area contributed by atoms with Crippen molar-refractivity contribution in [1.82, 2.24) is 5.32 Å². The molecule has 8 nitrogen and oxygen atoms in total. The number of amides is 1. The molecule has 1 amide bonds. The molecule has 0 fully saturated rings. The van der Waals surface area contributed by atoms with Crippen molar-refractivity contribution < 1.29 is 33.8 Å². The Bertz CT molecular complexity index is 660. The highest BCUT2D eigenvalue weighted by Gasteiger charge is 2.42. The summed E-state index contributed by atoms with van der Waals surface area (Å²) in [5.74, 6) is -6.53. The summed E-state index contributed by atoms with van der Waals surface area (Å²) >= 11 is 3.22. The van der Waals surface area contributed by atoms with Crippen molar-refractivity contribution in [2.24, 2.45) is 11.8 Å². The Hall–Kier alpha value is -2.42. The third-order valence-electron chi connectivity index (χ3n) is 3.60. The van der Waals surface area contributed by atoms with Crippen molar-refractivity contribution in [2.75, 3.05) is 14.2 Å². The van der Waals surface area contributed by atoms with Gasteiger partial charge in [-0.1, -0.05) is 28.9 Å². The van der Waals surface area contributed by atoms with E-state index in [4.69, 9.17) is 0 Å². The summed E-state index contributed by atoms with van der Waals surface area (Å²) in [5.41, 5.74) is 0.223. The number of rotatable bonds is 7. The number of carbonyl (C=O) groups excluding carboxylic acids is 3. The monoisotopic (exact) mass is 415 g/mol. The molecule has 2 N–H and O–H groups in total. The van der Waals surface area contributed by atoms with Gasteiger partial charge in [-0.25, -0.2) is 4.79 Å². The van der Waals surface area contributed by atoms with Crippen LogP contribution in [0.3, 0.4) is 0 Å². The summed E-state index contributed by atoms with van der Waals surface area (Å²) in [6.07, 6.45) is 0. The van der Waals surface area contributed by atoms with E-state index in [1.54, 1.807) is 12.1 Å². The number of carbonyl (C=O) groups is 4. The Morgan fingerprint density at radius 3 is 2.12 bits per heavy atom. The third kappa shape index (κ3) is 5.28. The maximum absolute atomic E-state index is 12.3. The predicted molar refractivity (Wildman–Crippen MR) is 89.7 cm³/mol. The van der Waals surface area contributed by atoms with Crippen LogP contribution in [-0.2, 0) is 23.9 Å². The lowest BCUT2D eigenvalue weighted by Gasteiger charge is -2.26. The van der Waals surface area contributed by atoms with Crippen LogP contribution in [0.5, 0.6) is 0 Å². The van der Waals surface area contributed by atoms with E-state index in [0.717, 1.165) is 14.2 Å².